The molecule has 0 radical (unpaired) electrons. The highest BCUT2D eigenvalue weighted by Gasteiger charge is 2.39. The van der Waals surface area contributed by atoms with Gasteiger partial charge in [-0.3, -0.25) is 9.89 Å². The lowest BCUT2D eigenvalue weighted by molar-refractivity contribution is -0.122. The van der Waals surface area contributed by atoms with E-state index in [0.717, 1.165) is 25.0 Å². The summed E-state index contributed by atoms with van der Waals surface area (Å²) in [6.07, 6.45) is 4.56. The lowest BCUT2D eigenvalue weighted by Gasteiger charge is -2.03. The van der Waals surface area contributed by atoms with E-state index in [2.05, 4.69) is 15.5 Å². The maximum absolute atomic E-state index is 11.4. The Balaban J connectivity index is 1.62. The number of aryl methyl sites for hydroxylation is 2. The van der Waals surface area contributed by atoms with Crippen molar-refractivity contribution >= 4 is 5.91 Å². The van der Waals surface area contributed by atoms with Gasteiger partial charge in [0.1, 0.15) is 0 Å². The molecule has 1 fully saturated rings. The Morgan fingerprint density at radius 2 is 2.50 bits per heavy atom. The number of rotatable bonds is 5. The lowest BCUT2D eigenvalue weighted by atomic mass is 10.1. The number of hydrogen-bond acceptors (Lipinski definition) is 3. The SMILES string of the molecule is Cc1[nH]ncc1CCCNC(=O)C1CC1N. The average Bonchev–Trinajstić information content (AvgIpc) is 2.85. The first kappa shape index (κ1) is 11.1. The van der Waals surface area contributed by atoms with E-state index in [0.29, 0.717) is 6.54 Å². The highest BCUT2D eigenvalue weighted by molar-refractivity contribution is 5.82. The number of amides is 1. The van der Waals surface area contributed by atoms with Gasteiger partial charge in [0.25, 0.3) is 0 Å². The minimum Gasteiger partial charge on any atom is -0.356 e. The molecule has 0 aliphatic heterocycles. The van der Waals surface area contributed by atoms with Gasteiger partial charge < -0.3 is 11.1 Å². The van der Waals surface area contributed by atoms with Gasteiger partial charge in [-0.25, -0.2) is 0 Å². The Labute approximate surface area is 94.8 Å². The summed E-state index contributed by atoms with van der Waals surface area (Å²) in [6.45, 7) is 2.72. The second kappa shape index (κ2) is 4.65. The highest BCUT2D eigenvalue weighted by Crippen LogP contribution is 2.27. The zero-order chi connectivity index (χ0) is 11.5. The third-order valence-corrected chi connectivity index (χ3v) is 3.03. The van der Waals surface area contributed by atoms with Crippen LogP contribution in [0.25, 0.3) is 0 Å². The van der Waals surface area contributed by atoms with Crippen LogP contribution in [0.2, 0.25) is 0 Å². The van der Waals surface area contributed by atoms with E-state index in [9.17, 15) is 4.79 Å². The molecule has 5 nitrogen and oxygen atoms in total. The van der Waals surface area contributed by atoms with E-state index in [1.807, 2.05) is 13.1 Å². The first-order chi connectivity index (χ1) is 7.68. The maximum atomic E-state index is 11.4. The van der Waals surface area contributed by atoms with Crippen molar-refractivity contribution in [1.29, 1.82) is 0 Å². The van der Waals surface area contributed by atoms with Crippen LogP contribution < -0.4 is 11.1 Å². The Bertz CT molecular complexity index is 374. The molecule has 1 heterocycles. The van der Waals surface area contributed by atoms with Crippen LogP contribution in [0, 0.1) is 12.8 Å². The average molecular weight is 222 g/mol. The van der Waals surface area contributed by atoms with Crippen molar-refractivity contribution in [3.05, 3.63) is 17.5 Å². The molecule has 88 valence electrons. The van der Waals surface area contributed by atoms with Crippen LogP contribution in [0.1, 0.15) is 24.1 Å². The normalized spacial score (nSPS) is 23.1. The first-order valence-electron chi connectivity index (χ1n) is 5.70. The van der Waals surface area contributed by atoms with Gasteiger partial charge >= 0.3 is 0 Å². The number of nitrogens with zero attached hydrogens (tertiary/aromatic N) is 1. The van der Waals surface area contributed by atoms with Crippen molar-refractivity contribution in [2.24, 2.45) is 11.7 Å². The molecule has 0 spiro atoms. The predicted molar refractivity (Wildman–Crippen MR) is 60.7 cm³/mol. The van der Waals surface area contributed by atoms with E-state index >= 15 is 0 Å². The highest BCUT2D eigenvalue weighted by atomic mass is 16.2. The zero-order valence-corrected chi connectivity index (χ0v) is 9.49. The van der Waals surface area contributed by atoms with Gasteiger partial charge in [-0.05, 0) is 31.7 Å². The van der Waals surface area contributed by atoms with Gasteiger partial charge in [0.15, 0.2) is 0 Å². The van der Waals surface area contributed by atoms with Crippen LogP contribution in [-0.2, 0) is 11.2 Å². The fraction of sp³-hybridized carbons (Fsp3) is 0.636. The lowest BCUT2D eigenvalue weighted by Crippen LogP contribution is -2.28. The molecular formula is C11H18N4O. The van der Waals surface area contributed by atoms with Gasteiger partial charge in [-0.2, -0.15) is 5.10 Å². The molecule has 5 heteroatoms. The topological polar surface area (TPSA) is 83.8 Å². The molecule has 4 N–H and O–H groups in total. The Kier molecular flexibility index (Phi) is 3.24. The number of nitrogens with one attached hydrogen (secondary N) is 2. The summed E-state index contributed by atoms with van der Waals surface area (Å²) in [4.78, 5) is 11.4. The van der Waals surface area contributed by atoms with Crippen molar-refractivity contribution in [3.63, 3.8) is 0 Å². The minimum atomic E-state index is 0.0654. The maximum Gasteiger partial charge on any atom is 0.224 e. The summed E-state index contributed by atoms with van der Waals surface area (Å²) in [5.74, 6) is 0.173. The van der Waals surface area contributed by atoms with Crippen molar-refractivity contribution in [3.8, 4) is 0 Å². The van der Waals surface area contributed by atoms with E-state index < -0.39 is 0 Å². The van der Waals surface area contributed by atoms with E-state index in [1.54, 1.807) is 0 Å². The van der Waals surface area contributed by atoms with Gasteiger partial charge in [0, 0.05) is 18.3 Å². The van der Waals surface area contributed by atoms with Crippen LogP contribution in [-0.4, -0.2) is 28.7 Å². The molecule has 16 heavy (non-hydrogen) atoms. The molecule has 0 saturated heterocycles. The summed E-state index contributed by atoms with van der Waals surface area (Å²) < 4.78 is 0. The molecule has 1 saturated carbocycles. The largest absolute Gasteiger partial charge is 0.356 e. The molecule has 1 amide bonds. The number of carbonyl (C=O) groups is 1. The summed E-state index contributed by atoms with van der Waals surface area (Å²) >= 11 is 0. The molecule has 1 aromatic rings. The molecule has 0 bridgehead atoms. The third kappa shape index (κ3) is 2.61. The number of aromatic nitrogens is 2. The van der Waals surface area contributed by atoms with Crippen molar-refractivity contribution in [2.45, 2.75) is 32.2 Å². The van der Waals surface area contributed by atoms with Crippen LogP contribution in [0.15, 0.2) is 6.20 Å². The number of carbonyl (C=O) groups excluding carboxylic acids is 1. The monoisotopic (exact) mass is 222 g/mol. The molecule has 2 atom stereocenters. The van der Waals surface area contributed by atoms with Crippen molar-refractivity contribution in [2.75, 3.05) is 6.54 Å². The molecule has 2 rings (SSSR count). The predicted octanol–water partition coefficient (Wildman–Crippen LogP) is 0.114. The van der Waals surface area contributed by atoms with E-state index in [-0.39, 0.29) is 17.9 Å². The Morgan fingerprint density at radius 1 is 1.75 bits per heavy atom. The third-order valence-electron chi connectivity index (χ3n) is 3.03. The van der Waals surface area contributed by atoms with Crippen LogP contribution in [0.3, 0.4) is 0 Å². The summed E-state index contributed by atoms with van der Waals surface area (Å²) in [5.41, 5.74) is 7.92. The van der Waals surface area contributed by atoms with Crippen molar-refractivity contribution < 1.29 is 4.79 Å². The zero-order valence-electron chi connectivity index (χ0n) is 9.49. The summed E-state index contributed by atoms with van der Waals surface area (Å²) in [7, 11) is 0. The number of aromatic amines is 1. The van der Waals surface area contributed by atoms with Gasteiger partial charge in [0.05, 0.1) is 12.1 Å². The molecule has 1 aromatic heterocycles. The van der Waals surface area contributed by atoms with Crippen molar-refractivity contribution in [1.82, 2.24) is 15.5 Å². The minimum absolute atomic E-state index is 0.0654. The first-order valence-corrected chi connectivity index (χ1v) is 5.70. The van der Waals surface area contributed by atoms with E-state index in [4.69, 9.17) is 5.73 Å². The molecule has 1 aliphatic rings. The quantitative estimate of drug-likeness (QED) is 0.618. The Morgan fingerprint density at radius 3 is 3.06 bits per heavy atom. The molecule has 1 aliphatic carbocycles. The van der Waals surface area contributed by atoms with Gasteiger partial charge in [-0.1, -0.05) is 0 Å². The molecule has 0 aromatic carbocycles. The van der Waals surface area contributed by atoms with Gasteiger partial charge in [0.2, 0.25) is 5.91 Å². The van der Waals surface area contributed by atoms with Crippen LogP contribution in [0.5, 0.6) is 0 Å². The van der Waals surface area contributed by atoms with Gasteiger partial charge in [-0.15, -0.1) is 0 Å². The number of nitrogens with two attached hydrogens (primary N) is 1. The standard InChI is InChI=1S/C11H18N4O/c1-7-8(6-14-15-7)3-2-4-13-11(16)9-5-10(9)12/h6,9-10H,2-5,12H2,1H3,(H,13,16)(H,14,15). The van der Waals surface area contributed by atoms with Crippen LogP contribution in [0.4, 0.5) is 0 Å². The van der Waals surface area contributed by atoms with E-state index in [1.165, 1.54) is 5.56 Å². The number of H-pyrrole nitrogens is 1. The fourth-order valence-corrected chi connectivity index (χ4v) is 1.77. The molecular weight excluding hydrogens is 204 g/mol. The molecule has 2 unspecified atom stereocenters. The number of hydrogen-bond donors (Lipinski definition) is 3. The Hall–Kier alpha value is -1.36. The fourth-order valence-electron chi connectivity index (χ4n) is 1.77. The summed E-state index contributed by atoms with van der Waals surface area (Å²) in [6, 6.07) is 0.0936. The smallest absolute Gasteiger partial charge is 0.224 e. The second-order valence-electron chi connectivity index (χ2n) is 4.42. The van der Waals surface area contributed by atoms with Crippen LogP contribution >= 0.6 is 0 Å². The second-order valence-corrected chi connectivity index (χ2v) is 4.42. The summed E-state index contributed by atoms with van der Waals surface area (Å²) in [5, 5.41) is 9.76.